The summed E-state index contributed by atoms with van der Waals surface area (Å²) in [5.41, 5.74) is 1.87. The van der Waals surface area contributed by atoms with Gasteiger partial charge < -0.3 is 4.90 Å². The van der Waals surface area contributed by atoms with Gasteiger partial charge in [-0.05, 0) is 23.6 Å². The van der Waals surface area contributed by atoms with Gasteiger partial charge in [0.2, 0.25) is 0 Å². The molecule has 0 aliphatic rings. The lowest BCUT2D eigenvalue weighted by Gasteiger charge is -2.22. The molecule has 0 fully saturated rings. The molecule has 0 aliphatic heterocycles. The van der Waals surface area contributed by atoms with Gasteiger partial charge in [-0.2, -0.15) is 0 Å². The largest absolute Gasteiger partial charge is 0.317 e. The fourth-order valence-electron chi connectivity index (χ4n) is 2.28. The van der Waals surface area contributed by atoms with Crippen LogP contribution < -0.4 is 4.90 Å². The summed E-state index contributed by atoms with van der Waals surface area (Å²) in [6.07, 6.45) is 1.76. The molecule has 0 saturated carbocycles. The molecule has 0 N–H and O–H groups in total. The number of para-hydroxylation sites is 1. The highest BCUT2D eigenvalue weighted by molar-refractivity contribution is 5.96. The zero-order chi connectivity index (χ0) is 13.9. The van der Waals surface area contributed by atoms with Crippen LogP contribution in [0.25, 0.3) is 10.8 Å². The predicted molar refractivity (Wildman–Crippen MR) is 82.7 cm³/mol. The van der Waals surface area contributed by atoms with Gasteiger partial charge in [0.25, 0.3) is 0 Å². The van der Waals surface area contributed by atoms with E-state index in [1.54, 1.807) is 12.3 Å². The molecule has 0 aliphatic carbocycles. The zero-order valence-electron chi connectivity index (χ0n) is 11.6. The van der Waals surface area contributed by atoms with E-state index in [4.69, 9.17) is 1.37 Å². The minimum atomic E-state index is 0.486. The normalized spacial score (nSPS) is 11.1. The summed E-state index contributed by atoms with van der Waals surface area (Å²) in [5.74, 6) is 0. The van der Waals surface area contributed by atoms with Crippen LogP contribution in [0.4, 0.5) is 11.4 Å². The summed E-state index contributed by atoms with van der Waals surface area (Å²) >= 11 is 0. The lowest BCUT2D eigenvalue weighted by Crippen LogP contribution is -2.07. The van der Waals surface area contributed by atoms with Crippen molar-refractivity contribution in [2.45, 2.75) is 0 Å². The van der Waals surface area contributed by atoms with Crippen LogP contribution in [0.1, 0.15) is 1.37 Å². The van der Waals surface area contributed by atoms with Gasteiger partial charge in [0.1, 0.15) is 0 Å². The minimum Gasteiger partial charge on any atom is -0.317 e. The van der Waals surface area contributed by atoms with Crippen molar-refractivity contribution < 1.29 is 1.37 Å². The van der Waals surface area contributed by atoms with Crippen LogP contribution in [0.2, 0.25) is 0 Å². The summed E-state index contributed by atoms with van der Waals surface area (Å²) < 4.78 is 8.07. The quantitative estimate of drug-likeness (QED) is 0.620. The molecule has 0 unspecified atom stereocenters. The Labute approximate surface area is 114 Å². The number of hydrogen-bond acceptors (Lipinski definition) is 1. The average Bonchev–Trinajstić information content (AvgIpc) is 2.50. The van der Waals surface area contributed by atoms with Crippen molar-refractivity contribution in [2.24, 2.45) is 0 Å². The van der Waals surface area contributed by atoms with E-state index < -0.39 is 0 Å². The molecule has 3 aromatic rings. The fourth-order valence-corrected chi connectivity index (χ4v) is 2.28. The summed E-state index contributed by atoms with van der Waals surface area (Å²) in [4.78, 5) is 1.96. The summed E-state index contributed by atoms with van der Waals surface area (Å²) in [7, 11) is 0. The SMILES string of the molecule is [2H]c1ccccc1N(C=C)c1cccc2ccccc12. The summed E-state index contributed by atoms with van der Waals surface area (Å²) in [5, 5.41) is 2.33. The number of hydrogen-bond donors (Lipinski definition) is 0. The van der Waals surface area contributed by atoms with E-state index in [2.05, 4.69) is 30.8 Å². The van der Waals surface area contributed by atoms with Crippen LogP contribution in [0.3, 0.4) is 0 Å². The van der Waals surface area contributed by atoms with Crippen LogP contribution in [0.5, 0.6) is 0 Å². The maximum Gasteiger partial charge on any atom is 0.0645 e. The van der Waals surface area contributed by atoms with E-state index in [1.807, 2.05) is 41.3 Å². The maximum atomic E-state index is 8.07. The molecule has 0 saturated heterocycles. The lowest BCUT2D eigenvalue weighted by atomic mass is 10.1. The van der Waals surface area contributed by atoms with E-state index in [0.29, 0.717) is 6.04 Å². The van der Waals surface area contributed by atoms with Crippen molar-refractivity contribution in [3.05, 3.63) is 85.6 Å². The highest BCUT2D eigenvalue weighted by Gasteiger charge is 2.08. The number of benzene rings is 3. The zero-order valence-corrected chi connectivity index (χ0v) is 10.6. The third kappa shape index (κ3) is 2.11. The van der Waals surface area contributed by atoms with E-state index in [-0.39, 0.29) is 0 Å². The molecule has 0 amide bonds. The number of rotatable bonds is 3. The van der Waals surface area contributed by atoms with Gasteiger partial charge in [0, 0.05) is 17.3 Å². The Hall–Kier alpha value is -2.54. The molecule has 0 aromatic heterocycles. The van der Waals surface area contributed by atoms with Gasteiger partial charge >= 0.3 is 0 Å². The maximum absolute atomic E-state index is 8.07. The van der Waals surface area contributed by atoms with Gasteiger partial charge in [0.15, 0.2) is 0 Å². The molecule has 0 spiro atoms. The Morgan fingerprint density at radius 2 is 1.68 bits per heavy atom. The first-order valence-electron chi connectivity index (χ1n) is 6.76. The molecule has 0 radical (unpaired) electrons. The Bertz CT molecular complexity index is 759. The van der Waals surface area contributed by atoms with Crippen LogP contribution in [0.15, 0.2) is 85.6 Å². The monoisotopic (exact) mass is 246 g/mol. The standard InChI is InChI=1S/C18H15N/c1-2-19(16-11-4-3-5-12-16)18-14-8-10-15-9-6-7-13-17(15)18/h2-14H,1H2/i11D. The van der Waals surface area contributed by atoms with Crippen molar-refractivity contribution >= 4 is 22.1 Å². The van der Waals surface area contributed by atoms with Crippen molar-refractivity contribution in [2.75, 3.05) is 4.90 Å². The van der Waals surface area contributed by atoms with Gasteiger partial charge in [-0.15, -0.1) is 0 Å². The van der Waals surface area contributed by atoms with E-state index in [9.17, 15) is 0 Å². The topological polar surface area (TPSA) is 3.24 Å². The predicted octanol–water partition coefficient (Wildman–Crippen LogP) is 5.12. The van der Waals surface area contributed by atoms with Gasteiger partial charge in [-0.1, -0.05) is 61.2 Å². The molecule has 3 rings (SSSR count). The Balaban J connectivity index is 2.23. The van der Waals surface area contributed by atoms with E-state index >= 15 is 0 Å². The molecule has 0 heterocycles. The molecular weight excluding hydrogens is 230 g/mol. The molecular formula is C18H15N. The molecule has 19 heavy (non-hydrogen) atoms. The first-order valence-corrected chi connectivity index (χ1v) is 6.26. The fraction of sp³-hybridized carbons (Fsp3) is 0. The second kappa shape index (κ2) is 4.99. The highest BCUT2D eigenvalue weighted by atomic mass is 15.1. The second-order valence-electron chi connectivity index (χ2n) is 4.30. The average molecular weight is 246 g/mol. The van der Waals surface area contributed by atoms with Crippen molar-refractivity contribution in [3.8, 4) is 0 Å². The molecule has 0 bridgehead atoms. The van der Waals surface area contributed by atoms with E-state index in [0.717, 1.165) is 16.8 Å². The smallest absolute Gasteiger partial charge is 0.0645 e. The molecule has 92 valence electrons. The lowest BCUT2D eigenvalue weighted by molar-refractivity contribution is 1.31. The number of nitrogens with zero attached hydrogens (tertiary/aromatic N) is 1. The van der Waals surface area contributed by atoms with Crippen molar-refractivity contribution in [1.29, 1.82) is 0 Å². The van der Waals surface area contributed by atoms with Gasteiger partial charge in [-0.25, -0.2) is 0 Å². The van der Waals surface area contributed by atoms with E-state index in [1.165, 1.54) is 5.39 Å². The summed E-state index contributed by atoms with van der Waals surface area (Å²) in [6.45, 7) is 3.90. The van der Waals surface area contributed by atoms with Gasteiger partial charge in [-0.3, -0.25) is 0 Å². The van der Waals surface area contributed by atoms with Crippen LogP contribution >= 0.6 is 0 Å². The first kappa shape index (κ1) is 10.4. The Kier molecular flexibility index (Phi) is 2.73. The third-order valence-electron chi connectivity index (χ3n) is 3.16. The van der Waals surface area contributed by atoms with Crippen molar-refractivity contribution in [3.63, 3.8) is 0 Å². The van der Waals surface area contributed by atoms with Crippen LogP contribution in [-0.2, 0) is 0 Å². The molecule has 1 nitrogen and oxygen atoms in total. The highest BCUT2D eigenvalue weighted by Crippen LogP contribution is 2.32. The molecule has 3 aromatic carbocycles. The molecule has 1 heteroatoms. The Morgan fingerprint density at radius 3 is 2.53 bits per heavy atom. The first-order chi connectivity index (χ1) is 9.81. The summed E-state index contributed by atoms with van der Waals surface area (Å²) in [6, 6.07) is 22.4. The van der Waals surface area contributed by atoms with Crippen molar-refractivity contribution in [1.82, 2.24) is 0 Å². The van der Waals surface area contributed by atoms with Crippen LogP contribution in [-0.4, -0.2) is 0 Å². The number of fused-ring (bicyclic) bond motifs is 1. The minimum absolute atomic E-state index is 0.486. The number of anilines is 2. The van der Waals surface area contributed by atoms with Gasteiger partial charge in [0.05, 0.1) is 7.06 Å². The second-order valence-corrected chi connectivity index (χ2v) is 4.30. The molecule has 0 atom stereocenters. The Morgan fingerprint density at radius 1 is 0.895 bits per heavy atom. The third-order valence-corrected chi connectivity index (χ3v) is 3.16. The van der Waals surface area contributed by atoms with Crippen LogP contribution in [0, 0.1) is 0 Å².